The Labute approximate surface area is 199 Å². The van der Waals surface area contributed by atoms with E-state index < -0.39 is 0 Å². The Morgan fingerprint density at radius 1 is 1.18 bits per heavy atom. The molecule has 4 heterocycles. The van der Waals surface area contributed by atoms with E-state index in [0.717, 1.165) is 54.1 Å². The number of anilines is 1. The number of piperazine rings is 1. The molecule has 0 saturated carbocycles. The van der Waals surface area contributed by atoms with Crippen LogP contribution < -0.4 is 16.0 Å². The van der Waals surface area contributed by atoms with Gasteiger partial charge < -0.3 is 20.9 Å². The van der Waals surface area contributed by atoms with Gasteiger partial charge in [0.25, 0.3) is 5.91 Å². The molecule has 0 radical (unpaired) electrons. The number of allylic oxidation sites excluding steroid dienone is 3. The highest BCUT2D eigenvalue weighted by molar-refractivity contribution is 6.06. The lowest BCUT2D eigenvalue weighted by Crippen LogP contribution is -2.42. The number of hydrogen-bond acceptors (Lipinski definition) is 6. The number of carbonyl (C=O) groups is 1. The lowest BCUT2D eigenvalue weighted by Gasteiger charge is -2.29. The molecule has 0 aliphatic carbocycles. The molecule has 1 amide bonds. The Hall–Kier alpha value is -3.91. The van der Waals surface area contributed by atoms with Crippen molar-refractivity contribution in [2.75, 3.05) is 31.5 Å². The molecule has 3 aromatic rings. The summed E-state index contributed by atoms with van der Waals surface area (Å²) in [6.07, 6.45) is 5.82. The molecule has 8 heteroatoms. The van der Waals surface area contributed by atoms with E-state index in [-0.39, 0.29) is 5.91 Å². The van der Waals surface area contributed by atoms with Gasteiger partial charge in [0.05, 0.1) is 23.0 Å². The standard InChI is InChI=1S/C26H29N7O/c1-17(32-13-11-28-12-14-32)7-10-24(27-3)31-22-9-8-19(21-15-29-26(34)25(21)22)20-16-30-33-18(2)5-4-6-23(20)33/h4-10,16,28,31H,3,11-15H2,1-2H3,(H,29,34)/b17-7+,24-10+. The topological polar surface area (TPSA) is 86.1 Å². The maximum absolute atomic E-state index is 12.8. The average molecular weight is 456 g/mol. The number of benzene rings is 1. The van der Waals surface area contributed by atoms with E-state index in [1.165, 1.54) is 5.70 Å². The van der Waals surface area contributed by atoms with Crippen LogP contribution in [0.1, 0.15) is 28.5 Å². The smallest absolute Gasteiger partial charge is 0.254 e. The van der Waals surface area contributed by atoms with Gasteiger partial charge in [-0.25, -0.2) is 9.51 Å². The highest BCUT2D eigenvalue weighted by Gasteiger charge is 2.27. The molecule has 2 aliphatic rings. The van der Waals surface area contributed by atoms with E-state index in [1.807, 2.05) is 60.1 Å². The summed E-state index contributed by atoms with van der Waals surface area (Å²) in [7, 11) is 0. The molecule has 0 atom stereocenters. The van der Waals surface area contributed by atoms with Gasteiger partial charge in [-0.2, -0.15) is 5.10 Å². The SMILES string of the molecule is C=N/C(=C\C=C(/C)N1CCNCC1)Nc1ccc(-c2cnn3c(C)cccc23)c2c1C(=O)NC2. The summed E-state index contributed by atoms with van der Waals surface area (Å²) in [5, 5.41) is 14.2. The van der Waals surface area contributed by atoms with E-state index in [9.17, 15) is 4.79 Å². The van der Waals surface area contributed by atoms with E-state index >= 15 is 0 Å². The molecule has 2 aliphatic heterocycles. The summed E-state index contributed by atoms with van der Waals surface area (Å²) >= 11 is 0. The number of aliphatic imine (C=N–C) groups is 1. The van der Waals surface area contributed by atoms with Gasteiger partial charge in [-0.05, 0) is 62.0 Å². The minimum Gasteiger partial charge on any atom is -0.372 e. The number of amides is 1. The van der Waals surface area contributed by atoms with Crippen molar-refractivity contribution >= 4 is 23.8 Å². The first-order valence-electron chi connectivity index (χ1n) is 11.5. The van der Waals surface area contributed by atoms with Gasteiger partial charge >= 0.3 is 0 Å². The number of aromatic nitrogens is 2. The van der Waals surface area contributed by atoms with Crippen molar-refractivity contribution in [2.45, 2.75) is 20.4 Å². The maximum atomic E-state index is 12.8. The number of pyridine rings is 1. The van der Waals surface area contributed by atoms with Crippen LogP contribution in [-0.4, -0.2) is 53.3 Å². The molecule has 2 aromatic heterocycles. The van der Waals surface area contributed by atoms with E-state index in [4.69, 9.17) is 0 Å². The molecule has 174 valence electrons. The van der Waals surface area contributed by atoms with Gasteiger partial charge in [0.2, 0.25) is 0 Å². The Bertz CT molecular complexity index is 1330. The van der Waals surface area contributed by atoms with E-state index in [1.54, 1.807) is 0 Å². The van der Waals surface area contributed by atoms with Crippen LogP contribution in [0.2, 0.25) is 0 Å². The Balaban J connectivity index is 1.48. The van der Waals surface area contributed by atoms with Crippen molar-refractivity contribution in [3.05, 3.63) is 77.0 Å². The highest BCUT2D eigenvalue weighted by Crippen LogP contribution is 2.36. The minimum atomic E-state index is -0.0945. The van der Waals surface area contributed by atoms with Crippen LogP contribution in [-0.2, 0) is 6.54 Å². The predicted molar refractivity (Wildman–Crippen MR) is 136 cm³/mol. The van der Waals surface area contributed by atoms with Gasteiger partial charge in [0.15, 0.2) is 0 Å². The molecule has 34 heavy (non-hydrogen) atoms. The zero-order valence-corrected chi connectivity index (χ0v) is 19.6. The fraction of sp³-hybridized carbons (Fsp3) is 0.269. The van der Waals surface area contributed by atoms with Crippen LogP contribution >= 0.6 is 0 Å². The first-order chi connectivity index (χ1) is 16.6. The van der Waals surface area contributed by atoms with Crippen LogP contribution in [0.5, 0.6) is 0 Å². The molecule has 3 N–H and O–H groups in total. The highest BCUT2D eigenvalue weighted by atomic mass is 16.1. The number of carbonyl (C=O) groups excluding carboxylic acids is 1. The van der Waals surface area contributed by atoms with Gasteiger partial charge in [-0.15, -0.1) is 0 Å². The van der Waals surface area contributed by atoms with Crippen LogP contribution in [0.15, 0.2) is 65.2 Å². The Morgan fingerprint density at radius 3 is 2.79 bits per heavy atom. The summed E-state index contributed by atoms with van der Waals surface area (Å²) in [5.74, 6) is 0.499. The number of nitrogens with zero attached hydrogens (tertiary/aromatic N) is 4. The molecule has 0 spiro atoms. The summed E-state index contributed by atoms with van der Waals surface area (Å²) in [4.78, 5) is 19.3. The molecule has 1 saturated heterocycles. The van der Waals surface area contributed by atoms with Crippen molar-refractivity contribution in [1.82, 2.24) is 25.1 Å². The minimum absolute atomic E-state index is 0.0945. The lowest BCUT2D eigenvalue weighted by atomic mass is 9.96. The van der Waals surface area contributed by atoms with Gasteiger partial charge in [-0.3, -0.25) is 4.79 Å². The summed E-state index contributed by atoms with van der Waals surface area (Å²) in [6.45, 7) is 12.3. The average Bonchev–Trinajstić information content (AvgIpc) is 3.47. The predicted octanol–water partition coefficient (Wildman–Crippen LogP) is 3.32. The van der Waals surface area contributed by atoms with E-state index in [0.29, 0.717) is 23.6 Å². The first-order valence-corrected chi connectivity index (χ1v) is 11.5. The monoisotopic (exact) mass is 455 g/mol. The quantitative estimate of drug-likeness (QED) is 0.392. The van der Waals surface area contributed by atoms with Crippen molar-refractivity contribution in [3.8, 4) is 11.1 Å². The summed E-state index contributed by atoms with van der Waals surface area (Å²) in [6, 6.07) is 10.1. The van der Waals surface area contributed by atoms with Gasteiger partial charge in [-0.1, -0.05) is 12.1 Å². The molecule has 0 unspecified atom stereocenters. The largest absolute Gasteiger partial charge is 0.372 e. The number of rotatable bonds is 6. The van der Waals surface area contributed by atoms with Gasteiger partial charge in [0.1, 0.15) is 5.82 Å². The molecular weight excluding hydrogens is 426 g/mol. The van der Waals surface area contributed by atoms with Crippen molar-refractivity contribution < 1.29 is 4.79 Å². The maximum Gasteiger partial charge on any atom is 0.254 e. The number of fused-ring (bicyclic) bond motifs is 2. The molecule has 0 bridgehead atoms. The van der Waals surface area contributed by atoms with Crippen molar-refractivity contribution in [2.24, 2.45) is 4.99 Å². The van der Waals surface area contributed by atoms with Crippen molar-refractivity contribution in [1.29, 1.82) is 0 Å². The van der Waals surface area contributed by atoms with E-state index in [2.05, 4.69) is 44.6 Å². The van der Waals surface area contributed by atoms with Crippen LogP contribution in [0.4, 0.5) is 5.69 Å². The second-order valence-corrected chi connectivity index (χ2v) is 8.60. The third-order valence-corrected chi connectivity index (χ3v) is 6.52. The molecule has 8 nitrogen and oxygen atoms in total. The lowest BCUT2D eigenvalue weighted by molar-refractivity contribution is 0.0966. The number of hydrogen-bond donors (Lipinski definition) is 3. The normalized spacial score (nSPS) is 16.5. The fourth-order valence-corrected chi connectivity index (χ4v) is 4.65. The van der Waals surface area contributed by atoms with Crippen molar-refractivity contribution in [3.63, 3.8) is 0 Å². The van der Waals surface area contributed by atoms with Crippen LogP contribution in [0, 0.1) is 6.92 Å². The van der Waals surface area contributed by atoms with Crippen LogP contribution in [0.25, 0.3) is 16.6 Å². The Morgan fingerprint density at radius 2 is 2.00 bits per heavy atom. The molecule has 1 aromatic carbocycles. The second kappa shape index (κ2) is 9.15. The molecule has 1 fully saturated rings. The third-order valence-electron chi connectivity index (χ3n) is 6.52. The molecular formula is C26H29N7O. The fourth-order valence-electron chi connectivity index (χ4n) is 4.65. The summed E-state index contributed by atoms with van der Waals surface area (Å²) in [5.41, 5.74) is 7.58. The number of nitrogens with one attached hydrogen (secondary N) is 3. The summed E-state index contributed by atoms with van der Waals surface area (Å²) < 4.78 is 1.92. The zero-order valence-electron chi connectivity index (χ0n) is 19.6. The first kappa shape index (κ1) is 21.9. The number of aryl methyl sites for hydroxylation is 1. The van der Waals surface area contributed by atoms with Crippen LogP contribution in [0.3, 0.4) is 0 Å². The van der Waals surface area contributed by atoms with Gasteiger partial charge in [0, 0.05) is 49.7 Å². The third kappa shape index (κ3) is 3.97. The zero-order chi connectivity index (χ0) is 23.7. The molecule has 5 rings (SSSR count). The Kier molecular flexibility index (Phi) is 5.90. The second-order valence-electron chi connectivity index (χ2n) is 8.60.